The Hall–Kier alpha value is -3.62. The number of aliphatic hydroxyl groups is 1. The Morgan fingerprint density at radius 2 is 1.66 bits per heavy atom. The molecule has 0 aliphatic rings. The number of H-pyrrole nitrogens is 1. The fourth-order valence-electron chi connectivity index (χ4n) is 3.50. The molecule has 2 aromatic rings. The number of phenols is 1. The van der Waals surface area contributed by atoms with Crippen LogP contribution in [-0.4, -0.2) is 91.3 Å². The number of nitrogens with two attached hydrogens (primary N) is 1. The van der Waals surface area contributed by atoms with Crippen LogP contribution in [0.15, 0.2) is 36.8 Å². The van der Waals surface area contributed by atoms with Gasteiger partial charge in [-0.15, -0.1) is 0 Å². The summed E-state index contributed by atoms with van der Waals surface area (Å²) in [4.78, 5) is 57.2. The number of carbonyl (C=O) groups excluding carboxylic acids is 3. The molecule has 1 aromatic carbocycles. The minimum atomic E-state index is -1.57. The van der Waals surface area contributed by atoms with Crippen LogP contribution in [0.2, 0.25) is 0 Å². The van der Waals surface area contributed by atoms with E-state index >= 15 is 0 Å². The smallest absolute Gasteiger partial charge is 0.328 e. The molecule has 0 aliphatic heterocycles. The second-order valence-corrected chi connectivity index (χ2v) is 9.71. The van der Waals surface area contributed by atoms with E-state index in [4.69, 9.17) is 5.73 Å². The van der Waals surface area contributed by atoms with E-state index in [0.29, 0.717) is 17.0 Å². The quantitative estimate of drug-likeness (QED) is 0.134. The zero-order valence-electron chi connectivity index (χ0n) is 21.1. The van der Waals surface area contributed by atoms with E-state index in [0.717, 1.165) is 0 Å². The molecular weight excluding hydrogens is 516 g/mol. The normalized spacial score (nSPS) is 14.9. The van der Waals surface area contributed by atoms with Crippen LogP contribution in [0, 0.1) is 0 Å². The Morgan fingerprint density at radius 1 is 1.03 bits per heavy atom. The number of nitrogens with one attached hydrogen (secondary N) is 4. The van der Waals surface area contributed by atoms with Crippen molar-refractivity contribution in [1.29, 1.82) is 0 Å². The van der Waals surface area contributed by atoms with Gasteiger partial charge in [-0.25, -0.2) is 9.78 Å². The summed E-state index contributed by atoms with van der Waals surface area (Å²) in [6.45, 7) is 1.23. The molecule has 2 rings (SSSR count). The van der Waals surface area contributed by atoms with Crippen molar-refractivity contribution in [2.45, 2.75) is 56.5 Å². The van der Waals surface area contributed by atoms with E-state index in [1.165, 1.54) is 43.3 Å². The Bertz CT molecular complexity index is 1060. The highest BCUT2D eigenvalue weighted by Crippen LogP contribution is 2.12. The van der Waals surface area contributed by atoms with Gasteiger partial charge in [0.15, 0.2) is 6.04 Å². The molecule has 3 amide bonds. The van der Waals surface area contributed by atoms with Crippen molar-refractivity contribution in [2.75, 3.05) is 12.0 Å². The highest BCUT2D eigenvalue weighted by atomic mass is 32.2. The predicted octanol–water partition coefficient (Wildman–Crippen LogP) is -1.10. The Kier molecular flexibility index (Phi) is 12.0. The number of aliphatic hydroxyl groups excluding tert-OH is 1. The maximum Gasteiger partial charge on any atom is 0.328 e. The van der Waals surface area contributed by atoms with Gasteiger partial charge < -0.3 is 42.0 Å². The number of aliphatic carboxylic acids is 1. The largest absolute Gasteiger partial charge is 0.508 e. The lowest BCUT2D eigenvalue weighted by Crippen LogP contribution is -2.58. The number of rotatable bonds is 15. The number of hydrogen-bond donors (Lipinski definition) is 8. The van der Waals surface area contributed by atoms with Gasteiger partial charge in [-0.3, -0.25) is 14.4 Å². The predicted molar refractivity (Wildman–Crippen MR) is 140 cm³/mol. The first-order chi connectivity index (χ1) is 18.0. The first-order valence-corrected chi connectivity index (χ1v) is 13.2. The SMILES string of the molecule is CSCCC(NC(=O)C(Cc1ccc(O)cc1)NC(=O)C(N)Cc1cnc[nH]1)C(=O)NC(C(=O)O)C(C)O. The number of aromatic amines is 1. The van der Waals surface area contributed by atoms with Crippen LogP contribution in [-0.2, 0) is 32.0 Å². The molecule has 208 valence electrons. The number of aromatic nitrogens is 2. The second-order valence-electron chi connectivity index (χ2n) is 8.73. The second kappa shape index (κ2) is 15.0. The van der Waals surface area contributed by atoms with E-state index in [2.05, 4.69) is 25.9 Å². The molecule has 1 aromatic heterocycles. The molecule has 1 heterocycles. The maximum absolute atomic E-state index is 13.3. The van der Waals surface area contributed by atoms with Crippen molar-refractivity contribution in [1.82, 2.24) is 25.9 Å². The summed E-state index contributed by atoms with van der Waals surface area (Å²) >= 11 is 1.42. The molecular formula is C24H34N6O7S. The molecule has 5 atom stereocenters. The van der Waals surface area contributed by atoms with E-state index < -0.39 is 54.0 Å². The molecule has 0 spiro atoms. The molecule has 38 heavy (non-hydrogen) atoms. The van der Waals surface area contributed by atoms with Crippen molar-refractivity contribution in [3.05, 3.63) is 48.0 Å². The lowest BCUT2D eigenvalue weighted by Gasteiger charge is -2.26. The Morgan fingerprint density at radius 3 is 2.21 bits per heavy atom. The van der Waals surface area contributed by atoms with Crippen LogP contribution in [0.4, 0.5) is 0 Å². The number of nitrogens with zero attached hydrogens (tertiary/aromatic N) is 1. The van der Waals surface area contributed by atoms with E-state index in [9.17, 15) is 34.5 Å². The third kappa shape index (κ3) is 9.68. The number of imidazole rings is 1. The number of phenolic OH excluding ortho intramolecular Hbond substituents is 1. The zero-order valence-corrected chi connectivity index (χ0v) is 21.9. The van der Waals surface area contributed by atoms with Crippen LogP contribution in [0.5, 0.6) is 5.75 Å². The van der Waals surface area contributed by atoms with Crippen LogP contribution in [0.1, 0.15) is 24.6 Å². The number of carboxylic acid groups (broad SMARTS) is 1. The van der Waals surface area contributed by atoms with E-state index in [-0.39, 0.29) is 25.0 Å². The number of hydrogen-bond acceptors (Lipinski definition) is 9. The Balaban J connectivity index is 2.21. The summed E-state index contributed by atoms with van der Waals surface area (Å²) in [5.41, 5.74) is 7.28. The van der Waals surface area contributed by atoms with Crippen LogP contribution < -0.4 is 21.7 Å². The molecule has 14 heteroatoms. The van der Waals surface area contributed by atoms with Crippen molar-refractivity contribution in [2.24, 2.45) is 5.73 Å². The monoisotopic (exact) mass is 550 g/mol. The third-order valence-corrected chi connectivity index (χ3v) is 6.27. The van der Waals surface area contributed by atoms with Gasteiger partial charge in [0.05, 0.1) is 18.5 Å². The molecule has 0 bridgehead atoms. The van der Waals surface area contributed by atoms with Gasteiger partial charge in [0.2, 0.25) is 17.7 Å². The van der Waals surface area contributed by atoms with Gasteiger partial charge in [0, 0.05) is 24.7 Å². The molecule has 9 N–H and O–H groups in total. The number of thioether (sulfide) groups is 1. The third-order valence-electron chi connectivity index (χ3n) is 5.63. The number of aromatic hydroxyl groups is 1. The average molecular weight is 551 g/mol. The summed E-state index contributed by atoms with van der Waals surface area (Å²) in [6.07, 6.45) is 3.76. The fraction of sp³-hybridized carbons (Fsp3) is 0.458. The molecule has 0 fully saturated rings. The highest BCUT2D eigenvalue weighted by molar-refractivity contribution is 7.98. The summed E-state index contributed by atoms with van der Waals surface area (Å²) in [7, 11) is 0. The number of benzene rings is 1. The topological polar surface area (TPSA) is 220 Å². The minimum absolute atomic E-state index is 0.0247. The van der Waals surface area contributed by atoms with Gasteiger partial charge >= 0.3 is 5.97 Å². The standard InChI is InChI=1S/C24H34N6O7S/c1-13(31)20(24(36)37)30-22(34)18(7-8-38-2)28-23(35)19(9-14-3-5-16(32)6-4-14)29-21(33)17(25)10-15-11-26-12-27-15/h3-6,11-13,17-20,31-32H,7-10,25H2,1-2H3,(H,26,27)(H,28,35)(H,29,33)(H,30,34)(H,36,37). The maximum atomic E-state index is 13.3. The zero-order chi connectivity index (χ0) is 28.2. The van der Waals surface area contributed by atoms with Gasteiger partial charge in [-0.1, -0.05) is 12.1 Å². The lowest BCUT2D eigenvalue weighted by molar-refractivity contribution is -0.145. The van der Waals surface area contributed by atoms with Gasteiger partial charge in [-0.05, 0) is 43.0 Å². The number of amides is 3. The lowest BCUT2D eigenvalue weighted by atomic mass is 10.0. The number of carbonyl (C=O) groups is 4. The van der Waals surface area contributed by atoms with E-state index in [1.54, 1.807) is 12.1 Å². The first-order valence-electron chi connectivity index (χ1n) is 11.8. The van der Waals surface area contributed by atoms with E-state index in [1.807, 2.05) is 6.26 Å². The minimum Gasteiger partial charge on any atom is -0.508 e. The van der Waals surface area contributed by atoms with Crippen LogP contribution in [0.3, 0.4) is 0 Å². The Labute approximate surface area is 224 Å². The van der Waals surface area contributed by atoms with Crippen molar-refractivity contribution >= 4 is 35.5 Å². The fourth-order valence-corrected chi connectivity index (χ4v) is 3.97. The van der Waals surface area contributed by atoms with Crippen molar-refractivity contribution < 1.29 is 34.5 Å². The van der Waals surface area contributed by atoms with Crippen LogP contribution >= 0.6 is 11.8 Å². The highest BCUT2D eigenvalue weighted by Gasteiger charge is 2.32. The first kappa shape index (κ1) is 30.6. The molecule has 5 unspecified atom stereocenters. The summed E-state index contributed by atoms with van der Waals surface area (Å²) < 4.78 is 0. The van der Waals surface area contributed by atoms with Crippen molar-refractivity contribution in [3.8, 4) is 5.75 Å². The summed E-state index contributed by atoms with van der Waals surface area (Å²) in [5.74, 6) is -3.01. The number of carboxylic acids is 1. The molecule has 0 saturated heterocycles. The molecule has 0 aliphatic carbocycles. The molecule has 0 saturated carbocycles. The average Bonchev–Trinajstić information content (AvgIpc) is 3.38. The molecule has 0 radical (unpaired) electrons. The van der Waals surface area contributed by atoms with Gasteiger partial charge in [0.25, 0.3) is 0 Å². The summed E-state index contributed by atoms with van der Waals surface area (Å²) in [5, 5.41) is 36.1. The molecule has 13 nitrogen and oxygen atoms in total. The van der Waals surface area contributed by atoms with Crippen LogP contribution in [0.25, 0.3) is 0 Å². The summed E-state index contributed by atoms with van der Waals surface area (Å²) in [6, 6.07) is 1.21. The van der Waals surface area contributed by atoms with Gasteiger partial charge in [0.1, 0.15) is 17.8 Å². The van der Waals surface area contributed by atoms with Gasteiger partial charge in [-0.2, -0.15) is 11.8 Å². The van der Waals surface area contributed by atoms with Crippen molar-refractivity contribution in [3.63, 3.8) is 0 Å².